The minimum absolute atomic E-state index is 0.177. The van der Waals surface area contributed by atoms with Crippen LogP contribution < -0.4 is 0 Å². The highest BCUT2D eigenvalue weighted by atomic mass is 35.5. The Kier molecular flexibility index (Phi) is 5.58. The Balaban J connectivity index is 1.73. The Morgan fingerprint density at radius 2 is 1.80 bits per heavy atom. The average molecular weight is 446 g/mol. The fourth-order valence-electron chi connectivity index (χ4n) is 3.42. The van der Waals surface area contributed by atoms with Crippen molar-refractivity contribution in [2.75, 3.05) is 0 Å². The van der Waals surface area contributed by atoms with Gasteiger partial charge in [-0.25, -0.2) is 13.8 Å². The van der Waals surface area contributed by atoms with Gasteiger partial charge in [0.25, 0.3) is 5.91 Å². The largest absolute Gasteiger partial charge is 0.361 e. The Morgan fingerprint density at radius 1 is 1.10 bits per heavy atom. The van der Waals surface area contributed by atoms with Crippen molar-refractivity contribution in [3.05, 3.63) is 86.0 Å². The first-order valence-corrected chi connectivity index (χ1v) is 10.4. The van der Waals surface area contributed by atoms with E-state index in [-0.39, 0.29) is 29.8 Å². The number of nitrogens with one attached hydrogen (secondary N) is 1. The van der Waals surface area contributed by atoms with E-state index in [4.69, 9.17) is 11.6 Å². The molecule has 4 rings (SSSR count). The Hall–Kier alpha value is -2.77. The molecule has 2 aromatic heterocycles. The maximum Gasteiger partial charge on any atom is 0.266 e. The standard InChI is InChI=1S/C22H18ClF2N3OS/c1-12-21(30-13(2)27-12)22(29)28(10-14-3-4-17(25)8-19(14)23)11-15-9-26-20-6-5-16(24)7-18(15)20/h3-9,26H,10-11H2,1-2H3. The van der Waals surface area contributed by atoms with Gasteiger partial charge in [0.15, 0.2) is 0 Å². The van der Waals surface area contributed by atoms with Crippen LogP contribution in [-0.4, -0.2) is 20.8 Å². The SMILES string of the molecule is Cc1nc(C)c(C(=O)N(Cc2ccc(F)cc2Cl)Cc2c[nH]c3ccc(F)cc23)s1. The summed E-state index contributed by atoms with van der Waals surface area (Å²) < 4.78 is 27.3. The minimum Gasteiger partial charge on any atom is -0.361 e. The van der Waals surface area contributed by atoms with E-state index in [0.717, 1.165) is 16.1 Å². The quantitative estimate of drug-likeness (QED) is 0.408. The lowest BCUT2D eigenvalue weighted by Crippen LogP contribution is -2.30. The zero-order valence-corrected chi connectivity index (χ0v) is 17.9. The maximum atomic E-state index is 13.8. The van der Waals surface area contributed by atoms with E-state index >= 15 is 0 Å². The van der Waals surface area contributed by atoms with Gasteiger partial charge in [-0.2, -0.15) is 0 Å². The summed E-state index contributed by atoms with van der Waals surface area (Å²) in [5, 5.41) is 1.75. The molecule has 0 fully saturated rings. The first kappa shape index (κ1) is 20.5. The molecule has 4 nitrogen and oxygen atoms in total. The van der Waals surface area contributed by atoms with Gasteiger partial charge in [-0.1, -0.05) is 17.7 Å². The lowest BCUT2D eigenvalue weighted by Gasteiger charge is -2.23. The van der Waals surface area contributed by atoms with Gasteiger partial charge in [0.2, 0.25) is 0 Å². The average Bonchev–Trinajstić information content (AvgIpc) is 3.24. The number of benzene rings is 2. The molecule has 0 aliphatic heterocycles. The number of fused-ring (bicyclic) bond motifs is 1. The first-order valence-electron chi connectivity index (χ1n) is 9.24. The van der Waals surface area contributed by atoms with Crippen molar-refractivity contribution in [1.82, 2.24) is 14.9 Å². The van der Waals surface area contributed by atoms with Crippen molar-refractivity contribution >= 4 is 39.7 Å². The Morgan fingerprint density at radius 3 is 2.50 bits per heavy atom. The van der Waals surface area contributed by atoms with Gasteiger partial charge < -0.3 is 9.88 Å². The number of thiazole rings is 1. The van der Waals surface area contributed by atoms with Crippen LogP contribution in [0.25, 0.3) is 10.9 Å². The topological polar surface area (TPSA) is 49.0 Å². The molecule has 0 aliphatic rings. The molecule has 0 spiro atoms. The highest BCUT2D eigenvalue weighted by Gasteiger charge is 2.23. The number of hydrogen-bond donors (Lipinski definition) is 1. The third-order valence-electron chi connectivity index (χ3n) is 4.85. The molecule has 8 heteroatoms. The number of carbonyl (C=O) groups is 1. The maximum absolute atomic E-state index is 13.8. The summed E-state index contributed by atoms with van der Waals surface area (Å²) >= 11 is 7.54. The lowest BCUT2D eigenvalue weighted by atomic mass is 10.1. The molecule has 0 unspecified atom stereocenters. The van der Waals surface area contributed by atoms with Crippen LogP contribution in [0.5, 0.6) is 0 Å². The third-order valence-corrected chi connectivity index (χ3v) is 6.26. The number of aromatic amines is 1. The van der Waals surface area contributed by atoms with Gasteiger partial charge >= 0.3 is 0 Å². The molecule has 0 bridgehead atoms. The second kappa shape index (κ2) is 8.16. The number of halogens is 3. The summed E-state index contributed by atoms with van der Waals surface area (Å²) in [5.74, 6) is -0.997. The highest BCUT2D eigenvalue weighted by molar-refractivity contribution is 7.13. The van der Waals surface area contributed by atoms with Gasteiger partial charge in [-0.05, 0) is 55.3 Å². The van der Waals surface area contributed by atoms with Crippen LogP contribution >= 0.6 is 22.9 Å². The molecular weight excluding hydrogens is 428 g/mol. The van der Waals surface area contributed by atoms with Crippen molar-refractivity contribution in [1.29, 1.82) is 0 Å². The van der Waals surface area contributed by atoms with Crippen LogP contribution in [0.4, 0.5) is 8.78 Å². The number of amides is 1. The normalized spacial score (nSPS) is 11.2. The minimum atomic E-state index is -0.442. The monoisotopic (exact) mass is 445 g/mol. The second-order valence-electron chi connectivity index (χ2n) is 7.05. The molecule has 0 aliphatic carbocycles. The molecule has 0 saturated heterocycles. The summed E-state index contributed by atoms with van der Waals surface area (Å²) in [6, 6.07) is 8.59. The number of carbonyl (C=O) groups excluding carboxylic acids is 1. The molecule has 1 N–H and O–H groups in total. The van der Waals surface area contributed by atoms with Crippen LogP contribution in [0, 0.1) is 25.5 Å². The fourth-order valence-corrected chi connectivity index (χ4v) is 4.53. The first-order chi connectivity index (χ1) is 14.3. The zero-order valence-electron chi connectivity index (χ0n) is 16.3. The summed E-state index contributed by atoms with van der Waals surface area (Å²) in [5.41, 5.74) is 2.83. The van der Waals surface area contributed by atoms with Gasteiger partial charge in [-0.3, -0.25) is 4.79 Å². The lowest BCUT2D eigenvalue weighted by molar-refractivity contribution is 0.0735. The smallest absolute Gasteiger partial charge is 0.266 e. The van der Waals surface area contributed by atoms with Gasteiger partial charge in [0.05, 0.1) is 10.7 Å². The van der Waals surface area contributed by atoms with E-state index in [1.807, 2.05) is 6.92 Å². The second-order valence-corrected chi connectivity index (χ2v) is 8.66. The van der Waals surface area contributed by atoms with Gasteiger partial charge in [0, 0.05) is 35.2 Å². The molecular formula is C22H18ClF2N3OS. The molecule has 154 valence electrons. The van der Waals surface area contributed by atoms with E-state index in [1.165, 1.54) is 35.6 Å². The van der Waals surface area contributed by atoms with Crippen LogP contribution in [0.1, 0.15) is 31.5 Å². The summed E-state index contributed by atoms with van der Waals surface area (Å²) in [6.07, 6.45) is 1.77. The fraction of sp³-hybridized carbons (Fsp3) is 0.182. The zero-order chi connectivity index (χ0) is 21.4. The van der Waals surface area contributed by atoms with Crippen LogP contribution in [-0.2, 0) is 13.1 Å². The summed E-state index contributed by atoms with van der Waals surface area (Å²) in [4.78, 5) is 23.0. The molecule has 0 saturated carbocycles. The predicted octanol–water partition coefficient (Wildman–Crippen LogP) is 6.02. The van der Waals surface area contributed by atoms with Crippen molar-refractivity contribution in [3.63, 3.8) is 0 Å². The van der Waals surface area contributed by atoms with Gasteiger partial charge in [-0.15, -0.1) is 11.3 Å². The molecule has 4 aromatic rings. The van der Waals surface area contributed by atoms with E-state index in [9.17, 15) is 13.6 Å². The van der Waals surface area contributed by atoms with E-state index in [1.54, 1.807) is 30.2 Å². The molecule has 0 radical (unpaired) electrons. The Bertz CT molecular complexity index is 1250. The van der Waals surface area contributed by atoms with E-state index in [0.29, 0.717) is 21.5 Å². The Labute approximate surface area is 181 Å². The number of nitrogens with zero attached hydrogens (tertiary/aromatic N) is 2. The van der Waals surface area contributed by atoms with Crippen LogP contribution in [0.2, 0.25) is 5.02 Å². The summed E-state index contributed by atoms with van der Waals surface area (Å²) in [7, 11) is 0. The molecule has 2 aromatic carbocycles. The van der Waals surface area contributed by atoms with Crippen molar-refractivity contribution in [3.8, 4) is 0 Å². The molecule has 2 heterocycles. The number of H-pyrrole nitrogens is 1. The van der Waals surface area contributed by atoms with Crippen molar-refractivity contribution in [2.24, 2.45) is 0 Å². The molecule has 30 heavy (non-hydrogen) atoms. The molecule has 0 atom stereocenters. The number of rotatable bonds is 5. The number of aromatic nitrogens is 2. The number of hydrogen-bond acceptors (Lipinski definition) is 3. The van der Waals surface area contributed by atoms with Crippen LogP contribution in [0.15, 0.2) is 42.6 Å². The van der Waals surface area contributed by atoms with Gasteiger partial charge in [0.1, 0.15) is 16.5 Å². The van der Waals surface area contributed by atoms with E-state index < -0.39 is 5.82 Å². The van der Waals surface area contributed by atoms with Crippen molar-refractivity contribution in [2.45, 2.75) is 26.9 Å². The molecule has 1 amide bonds. The van der Waals surface area contributed by atoms with E-state index in [2.05, 4.69) is 9.97 Å². The van der Waals surface area contributed by atoms with Crippen LogP contribution in [0.3, 0.4) is 0 Å². The third kappa shape index (κ3) is 4.08. The predicted molar refractivity (Wildman–Crippen MR) is 115 cm³/mol. The summed E-state index contributed by atoms with van der Waals surface area (Å²) in [6.45, 7) is 4.04. The highest BCUT2D eigenvalue weighted by Crippen LogP contribution is 2.27. The van der Waals surface area contributed by atoms with Crippen molar-refractivity contribution < 1.29 is 13.6 Å². The number of aryl methyl sites for hydroxylation is 2.